The van der Waals surface area contributed by atoms with Gasteiger partial charge in [-0.2, -0.15) is 0 Å². The molecule has 0 N–H and O–H groups in total. The van der Waals surface area contributed by atoms with Crippen molar-refractivity contribution in [2.75, 3.05) is 6.61 Å². The molecule has 1 unspecified atom stereocenters. The first kappa shape index (κ1) is 7.70. The van der Waals surface area contributed by atoms with E-state index in [-0.39, 0.29) is 0 Å². The molecule has 0 heterocycles. The topological polar surface area (TPSA) is 9.23 Å². The van der Waals surface area contributed by atoms with E-state index < -0.39 is 0 Å². The molecule has 0 aromatic rings. The summed E-state index contributed by atoms with van der Waals surface area (Å²) in [5.74, 6) is 0. The van der Waals surface area contributed by atoms with Crippen LogP contribution in [0, 0.1) is 0 Å². The van der Waals surface area contributed by atoms with Crippen molar-refractivity contribution < 1.29 is 4.74 Å². The minimum absolute atomic E-state index is 0.345. The van der Waals surface area contributed by atoms with Gasteiger partial charge in [0.25, 0.3) is 0 Å². The van der Waals surface area contributed by atoms with E-state index >= 15 is 0 Å². The van der Waals surface area contributed by atoms with Gasteiger partial charge in [-0.05, 0) is 20.3 Å². The third-order valence-electron chi connectivity index (χ3n) is 0.950. The number of rotatable bonds is 4. The summed E-state index contributed by atoms with van der Waals surface area (Å²) in [6.07, 6.45) is 3.17. The maximum Gasteiger partial charge on any atom is 0.0581 e. The van der Waals surface area contributed by atoms with Crippen LogP contribution in [-0.2, 0) is 4.74 Å². The van der Waals surface area contributed by atoms with Crippen molar-refractivity contribution in [2.45, 2.75) is 26.4 Å². The van der Waals surface area contributed by atoms with Crippen LogP contribution in [-0.4, -0.2) is 12.7 Å². The Morgan fingerprint density at radius 3 is 2.75 bits per heavy atom. The van der Waals surface area contributed by atoms with Gasteiger partial charge in [-0.1, -0.05) is 6.08 Å². The minimum atomic E-state index is 0.345. The van der Waals surface area contributed by atoms with Crippen LogP contribution < -0.4 is 0 Å². The fraction of sp³-hybridized carbons (Fsp3) is 0.714. The summed E-state index contributed by atoms with van der Waals surface area (Å²) in [5, 5.41) is 0. The summed E-state index contributed by atoms with van der Waals surface area (Å²) in [7, 11) is 0. The molecule has 1 atom stereocenters. The van der Waals surface area contributed by atoms with Crippen LogP contribution in [0.25, 0.3) is 0 Å². The Morgan fingerprint density at radius 1 is 1.75 bits per heavy atom. The minimum Gasteiger partial charge on any atom is -0.378 e. The molecule has 0 saturated carbocycles. The third kappa shape index (κ3) is 3.88. The molecule has 0 aliphatic heterocycles. The van der Waals surface area contributed by atoms with Gasteiger partial charge >= 0.3 is 0 Å². The van der Waals surface area contributed by atoms with Crippen LogP contribution in [0.3, 0.4) is 0 Å². The first-order valence-electron chi connectivity index (χ1n) is 3.03. The normalized spacial score (nSPS) is 13.2. The molecule has 0 amide bonds. The molecule has 0 fully saturated rings. The first-order valence-corrected chi connectivity index (χ1v) is 3.03. The van der Waals surface area contributed by atoms with E-state index in [1.807, 2.05) is 19.9 Å². The average Bonchev–Trinajstić information content (AvgIpc) is 1.68. The van der Waals surface area contributed by atoms with E-state index in [9.17, 15) is 0 Å². The lowest BCUT2D eigenvalue weighted by Crippen LogP contribution is -2.05. The zero-order chi connectivity index (χ0) is 6.41. The number of hydrogen-bond donors (Lipinski definition) is 0. The summed E-state index contributed by atoms with van der Waals surface area (Å²) in [6, 6.07) is 0. The fourth-order valence-electron chi connectivity index (χ4n) is 0.587. The second kappa shape index (κ2) is 4.85. The van der Waals surface area contributed by atoms with Crippen molar-refractivity contribution in [2.24, 2.45) is 0 Å². The van der Waals surface area contributed by atoms with Crippen molar-refractivity contribution in [1.29, 1.82) is 0 Å². The Hall–Kier alpha value is -0.300. The Kier molecular flexibility index (Phi) is 4.67. The van der Waals surface area contributed by atoms with Gasteiger partial charge < -0.3 is 4.74 Å². The van der Waals surface area contributed by atoms with E-state index in [0.29, 0.717) is 6.10 Å². The molecule has 1 heteroatoms. The van der Waals surface area contributed by atoms with Crippen molar-refractivity contribution >= 4 is 0 Å². The SMILES string of the molecule is C=CCC(C)OCC. The summed E-state index contributed by atoms with van der Waals surface area (Å²) in [4.78, 5) is 0. The van der Waals surface area contributed by atoms with Crippen molar-refractivity contribution in [3.8, 4) is 0 Å². The molecule has 0 aliphatic carbocycles. The molecule has 0 aromatic carbocycles. The number of ether oxygens (including phenoxy) is 1. The maximum atomic E-state index is 5.21. The molecule has 48 valence electrons. The molecule has 0 radical (unpaired) electrons. The highest BCUT2D eigenvalue weighted by atomic mass is 16.5. The second-order valence-electron chi connectivity index (χ2n) is 1.79. The second-order valence-corrected chi connectivity index (χ2v) is 1.79. The van der Waals surface area contributed by atoms with Crippen LogP contribution in [0.5, 0.6) is 0 Å². The van der Waals surface area contributed by atoms with Crippen LogP contribution in [0.2, 0.25) is 0 Å². The monoisotopic (exact) mass is 114 g/mol. The van der Waals surface area contributed by atoms with Gasteiger partial charge in [0.05, 0.1) is 6.10 Å². The van der Waals surface area contributed by atoms with E-state index in [1.54, 1.807) is 0 Å². The molecule has 0 bridgehead atoms. The van der Waals surface area contributed by atoms with Gasteiger partial charge in [0.15, 0.2) is 0 Å². The summed E-state index contributed by atoms with van der Waals surface area (Å²) in [5.41, 5.74) is 0. The first-order chi connectivity index (χ1) is 3.81. The fourth-order valence-corrected chi connectivity index (χ4v) is 0.587. The molecule has 0 aliphatic rings. The summed E-state index contributed by atoms with van der Waals surface area (Å²) >= 11 is 0. The Balaban J connectivity index is 3.03. The van der Waals surface area contributed by atoms with Crippen LogP contribution in [0.15, 0.2) is 12.7 Å². The molecular formula is C7H14O. The molecule has 0 aromatic heterocycles. The molecule has 0 spiro atoms. The highest BCUT2D eigenvalue weighted by Gasteiger charge is 1.93. The molecule has 0 rings (SSSR count). The smallest absolute Gasteiger partial charge is 0.0581 e. The zero-order valence-electron chi connectivity index (χ0n) is 5.68. The predicted octanol–water partition coefficient (Wildman–Crippen LogP) is 1.99. The largest absolute Gasteiger partial charge is 0.378 e. The average molecular weight is 114 g/mol. The lowest BCUT2D eigenvalue weighted by molar-refractivity contribution is 0.0788. The van der Waals surface area contributed by atoms with Crippen LogP contribution >= 0.6 is 0 Å². The third-order valence-corrected chi connectivity index (χ3v) is 0.950. The van der Waals surface area contributed by atoms with Gasteiger partial charge in [-0.25, -0.2) is 0 Å². The van der Waals surface area contributed by atoms with Crippen molar-refractivity contribution in [3.63, 3.8) is 0 Å². The molecule has 1 nitrogen and oxygen atoms in total. The standard InChI is InChI=1S/C7H14O/c1-4-6-7(3)8-5-2/h4,7H,1,5-6H2,2-3H3. The van der Waals surface area contributed by atoms with E-state index in [2.05, 4.69) is 6.58 Å². The van der Waals surface area contributed by atoms with Gasteiger partial charge in [0.2, 0.25) is 0 Å². The summed E-state index contributed by atoms with van der Waals surface area (Å²) in [6.45, 7) is 8.45. The molecule has 0 saturated heterocycles. The molecular weight excluding hydrogens is 100 g/mol. The lowest BCUT2D eigenvalue weighted by atomic mass is 10.3. The lowest BCUT2D eigenvalue weighted by Gasteiger charge is -2.06. The van der Waals surface area contributed by atoms with Gasteiger partial charge in [0, 0.05) is 6.61 Å². The highest BCUT2D eigenvalue weighted by molar-refractivity contribution is 4.69. The Morgan fingerprint density at radius 2 is 2.38 bits per heavy atom. The van der Waals surface area contributed by atoms with Crippen molar-refractivity contribution in [3.05, 3.63) is 12.7 Å². The predicted molar refractivity (Wildman–Crippen MR) is 35.9 cm³/mol. The van der Waals surface area contributed by atoms with Crippen LogP contribution in [0.4, 0.5) is 0 Å². The number of hydrogen-bond acceptors (Lipinski definition) is 1. The van der Waals surface area contributed by atoms with Gasteiger partial charge in [0.1, 0.15) is 0 Å². The summed E-state index contributed by atoms with van der Waals surface area (Å²) < 4.78 is 5.21. The quantitative estimate of drug-likeness (QED) is 0.508. The molecule has 8 heavy (non-hydrogen) atoms. The van der Waals surface area contributed by atoms with E-state index in [0.717, 1.165) is 13.0 Å². The highest BCUT2D eigenvalue weighted by Crippen LogP contribution is 1.95. The maximum absolute atomic E-state index is 5.21. The van der Waals surface area contributed by atoms with E-state index in [1.165, 1.54) is 0 Å². The Labute approximate surface area is 51.4 Å². The van der Waals surface area contributed by atoms with Crippen LogP contribution in [0.1, 0.15) is 20.3 Å². The Bertz CT molecular complexity index is 59.4. The van der Waals surface area contributed by atoms with Crippen molar-refractivity contribution in [1.82, 2.24) is 0 Å². The van der Waals surface area contributed by atoms with E-state index in [4.69, 9.17) is 4.74 Å². The van der Waals surface area contributed by atoms with Gasteiger partial charge in [-0.3, -0.25) is 0 Å². The zero-order valence-corrected chi connectivity index (χ0v) is 5.68. The van der Waals surface area contributed by atoms with Gasteiger partial charge in [-0.15, -0.1) is 6.58 Å².